The van der Waals surface area contributed by atoms with Gasteiger partial charge in [0.05, 0.1) is 11.3 Å². The lowest BCUT2D eigenvalue weighted by Gasteiger charge is -2.09. The number of ether oxygens (including phenoxy) is 1. The van der Waals surface area contributed by atoms with Crippen LogP contribution in [0.2, 0.25) is 0 Å². The molecule has 0 aliphatic carbocycles. The maximum absolute atomic E-state index is 14.1. The van der Waals surface area contributed by atoms with Crippen LogP contribution >= 0.6 is 0 Å². The van der Waals surface area contributed by atoms with Crippen LogP contribution in [0.1, 0.15) is 21.7 Å². The third-order valence-electron chi connectivity index (χ3n) is 3.47. The number of carbonyl (C=O) groups is 1. The van der Waals surface area contributed by atoms with Crippen molar-refractivity contribution in [3.8, 4) is 5.75 Å². The molecule has 0 unspecified atom stereocenters. The lowest BCUT2D eigenvalue weighted by molar-refractivity contribution is 0.102. The van der Waals surface area contributed by atoms with Crippen LogP contribution in [0.15, 0.2) is 60.9 Å². The number of carbonyl (C=O) groups excluding carboxylic acids is 1. The summed E-state index contributed by atoms with van der Waals surface area (Å²) < 4.78 is 19.6. The van der Waals surface area contributed by atoms with Gasteiger partial charge in [-0.25, -0.2) is 4.39 Å². The maximum Gasteiger partial charge on any atom is 0.257 e. The molecule has 0 bridgehead atoms. The van der Waals surface area contributed by atoms with Gasteiger partial charge in [-0.1, -0.05) is 6.07 Å². The second kappa shape index (κ2) is 7.53. The number of rotatable bonds is 5. The summed E-state index contributed by atoms with van der Waals surface area (Å²) in [4.78, 5) is 20.3. The van der Waals surface area contributed by atoms with Gasteiger partial charge in [0.2, 0.25) is 0 Å². The molecule has 2 aromatic heterocycles. The van der Waals surface area contributed by atoms with Crippen molar-refractivity contribution >= 4 is 11.6 Å². The van der Waals surface area contributed by atoms with Gasteiger partial charge in [0.1, 0.15) is 6.61 Å². The number of amides is 1. The molecule has 3 aromatic rings. The van der Waals surface area contributed by atoms with Crippen LogP contribution in [0.3, 0.4) is 0 Å². The summed E-state index contributed by atoms with van der Waals surface area (Å²) >= 11 is 0. The van der Waals surface area contributed by atoms with Crippen molar-refractivity contribution in [1.29, 1.82) is 0 Å². The SMILES string of the molecule is Cc1ccc(C(=O)Nc2ccc(OCc3ccccn3)c(F)c2)cn1. The number of hydrogen-bond donors (Lipinski definition) is 1. The molecule has 0 aliphatic rings. The van der Waals surface area contributed by atoms with Gasteiger partial charge in [0.25, 0.3) is 5.91 Å². The normalized spacial score (nSPS) is 10.3. The monoisotopic (exact) mass is 337 g/mol. The molecule has 6 heteroatoms. The van der Waals surface area contributed by atoms with E-state index in [2.05, 4.69) is 15.3 Å². The van der Waals surface area contributed by atoms with E-state index in [4.69, 9.17) is 4.74 Å². The van der Waals surface area contributed by atoms with Crippen LogP contribution < -0.4 is 10.1 Å². The number of nitrogens with one attached hydrogen (secondary N) is 1. The largest absolute Gasteiger partial charge is 0.484 e. The highest BCUT2D eigenvalue weighted by Gasteiger charge is 2.10. The molecule has 0 aliphatic heterocycles. The van der Waals surface area contributed by atoms with Crippen LogP contribution in [0.4, 0.5) is 10.1 Å². The molecule has 25 heavy (non-hydrogen) atoms. The lowest BCUT2D eigenvalue weighted by atomic mass is 10.2. The number of pyridine rings is 2. The summed E-state index contributed by atoms with van der Waals surface area (Å²) in [5.74, 6) is -0.814. The molecule has 0 atom stereocenters. The molecular formula is C19H16FN3O2. The molecule has 0 radical (unpaired) electrons. The first-order valence-corrected chi connectivity index (χ1v) is 7.68. The zero-order valence-electron chi connectivity index (χ0n) is 13.6. The highest BCUT2D eigenvalue weighted by atomic mass is 19.1. The molecule has 1 amide bonds. The first-order valence-electron chi connectivity index (χ1n) is 7.68. The minimum atomic E-state index is -0.559. The Balaban J connectivity index is 1.65. The van der Waals surface area contributed by atoms with Gasteiger partial charge < -0.3 is 10.1 Å². The first-order chi connectivity index (χ1) is 12.1. The van der Waals surface area contributed by atoms with Crippen molar-refractivity contribution in [2.45, 2.75) is 13.5 Å². The quantitative estimate of drug-likeness (QED) is 0.770. The van der Waals surface area contributed by atoms with Crippen LogP contribution in [0.5, 0.6) is 5.75 Å². The fourth-order valence-corrected chi connectivity index (χ4v) is 2.14. The third kappa shape index (κ3) is 4.38. The molecule has 0 saturated carbocycles. The van der Waals surface area contributed by atoms with Crippen molar-refractivity contribution in [2.75, 3.05) is 5.32 Å². The zero-order chi connectivity index (χ0) is 17.6. The maximum atomic E-state index is 14.1. The Kier molecular flexibility index (Phi) is 4.99. The Morgan fingerprint density at radius 3 is 2.72 bits per heavy atom. The zero-order valence-corrected chi connectivity index (χ0v) is 13.6. The van der Waals surface area contributed by atoms with Gasteiger partial charge in [0, 0.05) is 29.8 Å². The number of aryl methyl sites for hydroxylation is 1. The summed E-state index contributed by atoms with van der Waals surface area (Å²) in [6, 6.07) is 13.1. The van der Waals surface area contributed by atoms with Crippen molar-refractivity contribution < 1.29 is 13.9 Å². The average molecular weight is 337 g/mol. The smallest absolute Gasteiger partial charge is 0.257 e. The predicted octanol–water partition coefficient (Wildman–Crippen LogP) is 3.76. The van der Waals surface area contributed by atoms with E-state index in [9.17, 15) is 9.18 Å². The van der Waals surface area contributed by atoms with E-state index in [0.717, 1.165) is 5.69 Å². The molecular weight excluding hydrogens is 321 g/mol. The number of halogens is 1. The number of anilines is 1. The van der Waals surface area contributed by atoms with E-state index >= 15 is 0 Å². The molecule has 5 nitrogen and oxygen atoms in total. The molecule has 0 saturated heterocycles. The number of nitrogens with zero attached hydrogens (tertiary/aromatic N) is 2. The fraction of sp³-hybridized carbons (Fsp3) is 0.105. The lowest BCUT2D eigenvalue weighted by Crippen LogP contribution is -2.12. The van der Waals surface area contributed by atoms with Crippen molar-refractivity contribution in [3.05, 3.63) is 83.7 Å². The van der Waals surface area contributed by atoms with Gasteiger partial charge >= 0.3 is 0 Å². The Morgan fingerprint density at radius 2 is 2.04 bits per heavy atom. The van der Waals surface area contributed by atoms with Gasteiger partial charge in [-0.2, -0.15) is 0 Å². The molecule has 2 heterocycles. The van der Waals surface area contributed by atoms with Crippen molar-refractivity contribution in [2.24, 2.45) is 0 Å². The highest BCUT2D eigenvalue weighted by Crippen LogP contribution is 2.22. The van der Waals surface area contributed by atoms with Crippen LogP contribution in [-0.4, -0.2) is 15.9 Å². The Morgan fingerprint density at radius 1 is 1.16 bits per heavy atom. The Hall–Kier alpha value is -3.28. The summed E-state index contributed by atoms with van der Waals surface area (Å²) in [6.45, 7) is 2.00. The molecule has 126 valence electrons. The van der Waals surface area contributed by atoms with Crippen molar-refractivity contribution in [3.63, 3.8) is 0 Å². The van der Waals surface area contributed by atoms with Crippen molar-refractivity contribution in [1.82, 2.24) is 9.97 Å². The third-order valence-corrected chi connectivity index (χ3v) is 3.47. The number of aromatic nitrogens is 2. The van der Waals surface area contributed by atoms with Crippen LogP contribution in [0, 0.1) is 12.7 Å². The van der Waals surface area contributed by atoms with Crippen LogP contribution in [-0.2, 0) is 6.61 Å². The first kappa shape index (κ1) is 16.6. The van der Waals surface area contributed by atoms with Gasteiger partial charge in [-0.3, -0.25) is 14.8 Å². The molecule has 0 fully saturated rings. The summed E-state index contributed by atoms with van der Waals surface area (Å²) in [5, 5.41) is 2.63. The van der Waals surface area contributed by atoms with E-state index in [-0.39, 0.29) is 18.3 Å². The standard InChI is InChI=1S/C19H16FN3O2/c1-13-5-6-14(11-22-13)19(24)23-15-7-8-18(17(20)10-15)25-12-16-4-2-3-9-21-16/h2-11H,12H2,1H3,(H,23,24). The summed E-state index contributed by atoms with van der Waals surface area (Å²) in [7, 11) is 0. The minimum Gasteiger partial charge on any atom is -0.484 e. The Labute approximate surface area is 144 Å². The topological polar surface area (TPSA) is 64.1 Å². The van der Waals surface area contributed by atoms with Gasteiger partial charge in [0.15, 0.2) is 11.6 Å². The number of hydrogen-bond acceptors (Lipinski definition) is 4. The molecule has 0 spiro atoms. The van der Waals surface area contributed by atoms with Gasteiger partial charge in [-0.05, 0) is 43.3 Å². The van der Waals surface area contributed by atoms with E-state index in [1.54, 1.807) is 36.5 Å². The second-order valence-electron chi connectivity index (χ2n) is 5.40. The summed E-state index contributed by atoms with van der Waals surface area (Å²) in [6.07, 6.45) is 3.12. The minimum absolute atomic E-state index is 0.0978. The Bertz CT molecular complexity index is 868. The second-order valence-corrected chi connectivity index (χ2v) is 5.40. The summed E-state index contributed by atoms with van der Waals surface area (Å²) in [5.41, 5.74) is 2.26. The van der Waals surface area contributed by atoms with E-state index in [1.807, 2.05) is 13.0 Å². The van der Waals surface area contributed by atoms with Crippen LogP contribution in [0.25, 0.3) is 0 Å². The molecule has 3 rings (SSSR count). The predicted molar refractivity (Wildman–Crippen MR) is 91.9 cm³/mol. The molecule has 1 N–H and O–H groups in total. The van der Waals surface area contributed by atoms with E-state index in [0.29, 0.717) is 16.9 Å². The van der Waals surface area contributed by atoms with E-state index < -0.39 is 5.82 Å². The average Bonchev–Trinajstić information content (AvgIpc) is 2.62. The highest BCUT2D eigenvalue weighted by molar-refractivity contribution is 6.04. The fourth-order valence-electron chi connectivity index (χ4n) is 2.14. The van der Waals surface area contributed by atoms with E-state index in [1.165, 1.54) is 18.3 Å². The van der Waals surface area contributed by atoms with Gasteiger partial charge in [-0.15, -0.1) is 0 Å². The molecule has 1 aromatic carbocycles. The number of benzene rings is 1.